The van der Waals surface area contributed by atoms with E-state index >= 15 is 0 Å². The zero-order valence-corrected chi connectivity index (χ0v) is 14.0. The van der Waals surface area contributed by atoms with Crippen LogP contribution in [0.2, 0.25) is 0 Å². The standard InChI is InChI=1S/C15H24N4O2S/c1-11-9-12(2)18-14(20)13(11)10-17-15(22)16-3-4-19-5-7-21-8-6-19/h9H,3-8,10H2,1-2H3,(H,18,20)(H2,16,17,22). The summed E-state index contributed by atoms with van der Waals surface area (Å²) < 4.78 is 5.31. The van der Waals surface area contributed by atoms with Crippen molar-refractivity contribution in [2.75, 3.05) is 39.4 Å². The van der Waals surface area contributed by atoms with Crippen molar-refractivity contribution >= 4 is 17.3 Å². The van der Waals surface area contributed by atoms with Crippen molar-refractivity contribution in [2.45, 2.75) is 20.4 Å². The molecule has 0 bridgehead atoms. The Morgan fingerprint density at radius 2 is 2.09 bits per heavy atom. The van der Waals surface area contributed by atoms with Crippen LogP contribution < -0.4 is 16.2 Å². The molecule has 0 saturated carbocycles. The summed E-state index contributed by atoms with van der Waals surface area (Å²) in [7, 11) is 0. The molecule has 0 radical (unpaired) electrons. The molecule has 7 heteroatoms. The van der Waals surface area contributed by atoms with E-state index in [1.54, 1.807) is 0 Å². The highest BCUT2D eigenvalue weighted by Gasteiger charge is 2.10. The fourth-order valence-electron chi connectivity index (χ4n) is 2.48. The molecule has 0 unspecified atom stereocenters. The topological polar surface area (TPSA) is 69.4 Å². The van der Waals surface area contributed by atoms with Crippen LogP contribution in [0.4, 0.5) is 0 Å². The molecule has 0 aromatic carbocycles. The van der Waals surface area contributed by atoms with E-state index in [-0.39, 0.29) is 5.56 Å². The average Bonchev–Trinajstić information content (AvgIpc) is 2.47. The second-order valence-corrected chi connectivity index (χ2v) is 5.91. The first-order chi connectivity index (χ1) is 10.6. The molecule has 0 spiro atoms. The van der Waals surface area contributed by atoms with E-state index in [1.807, 2.05) is 19.9 Å². The summed E-state index contributed by atoms with van der Waals surface area (Å²) in [5.41, 5.74) is 2.52. The van der Waals surface area contributed by atoms with Crippen molar-refractivity contribution in [2.24, 2.45) is 0 Å². The minimum absolute atomic E-state index is 0.0545. The lowest BCUT2D eigenvalue weighted by atomic mass is 10.1. The summed E-state index contributed by atoms with van der Waals surface area (Å²) in [6.45, 7) is 9.53. The molecule has 1 aliphatic heterocycles. The van der Waals surface area contributed by atoms with E-state index in [2.05, 4.69) is 20.5 Å². The summed E-state index contributed by atoms with van der Waals surface area (Å²) >= 11 is 5.25. The van der Waals surface area contributed by atoms with Crippen molar-refractivity contribution in [3.63, 3.8) is 0 Å². The smallest absolute Gasteiger partial charge is 0.253 e. The van der Waals surface area contributed by atoms with E-state index < -0.39 is 0 Å². The Morgan fingerprint density at radius 1 is 1.36 bits per heavy atom. The van der Waals surface area contributed by atoms with E-state index in [4.69, 9.17) is 17.0 Å². The quantitative estimate of drug-likeness (QED) is 0.677. The van der Waals surface area contributed by atoms with Gasteiger partial charge in [-0.1, -0.05) is 0 Å². The summed E-state index contributed by atoms with van der Waals surface area (Å²) in [5, 5.41) is 6.85. The highest BCUT2D eigenvalue weighted by Crippen LogP contribution is 2.02. The Balaban J connectivity index is 1.72. The first kappa shape index (κ1) is 16.9. The molecule has 1 aromatic rings. The molecule has 1 aliphatic rings. The number of nitrogens with one attached hydrogen (secondary N) is 3. The van der Waals surface area contributed by atoms with Gasteiger partial charge in [0.2, 0.25) is 0 Å². The Hall–Kier alpha value is -1.44. The number of ether oxygens (including phenoxy) is 1. The largest absolute Gasteiger partial charge is 0.379 e. The van der Waals surface area contributed by atoms with Gasteiger partial charge in [0, 0.05) is 44.0 Å². The zero-order valence-electron chi connectivity index (χ0n) is 13.2. The number of thiocarbonyl (C=S) groups is 1. The normalized spacial score (nSPS) is 15.5. The molecule has 1 fully saturated rings. The minimum atomic E-state index is -0.0545. The molecule has 2 rings (SSSR count). The van der Waals surface area contributed by atoms with Gasteiger partial charge in [0.25, 0.3) is 5.56 Å². The molecule has 22 heavy (non-hydrogen) atoms. The van der Waals surface area contributed by atoms with Gasteiger partial charge in [-0.3, -0.25) is 9.69 Å². The predicted octanol–water partition coefficient (Wildman–Crippen LogP) is 0.288. The van der Waals surface area contributed by atoms with Crippen LogP contribution in [0, 0.1) is 13.8 Å². The Labute approximate surface area is 136 Å². The summed E-state index contributed by atoms with van der Waals surface area (Å²) in [5.74, 6) is 0. The third-order valence-electron chi connectivity index (χ3n) is 3.74. The van der Waals surface area contributed by atoms with Crippen molar-refractivity contribution in [3.05, 3.63) is 33.2 Å². The second kappa shape index (κ2) is 8.26. The van der Waals surface area contributed by atoms with E-state index in [1.165, 1.54) is 0 Å². The van der Waals surface area contributed by atoms with Crippen molar-refractivity contribution in [3.8, 4) is 0 Å². The molecule has 1 aromatic heterocycles. The number of H-pyrrole nitrogens is 1. The monoisotopic (exact) mass is 324 g/mol. The van der Waals surface area contributed by atoms with Gasteiger partial charge < -0.3 is 20.4 Å². The highest BCUT2D eigenvalue weighted by molar-refractivity contribution is 7.80. The molecule has 0 aliphatic carbocycles. The third kappa shape index (κ3) is 5.08. The number of aryl methyl sites for hydroxylation is 2. The van der Waals surface area contributed by atoms with Crippen LogP contribution in [0.25, 0.3) is 0 Å². The van der Waals surface area contributed by atoms with Crippen molar-refractivity contribution < 1.29 is 4.74 Å². The number of pyridine rings is 1. The van der Waals surface area contributed by atoms with Crippen LogP contribution in [0.1, 0.15) is 16.8 Å². The van der Waals surface area contributed by atoms with Gasteiger partial charge in [0.05, 0.1) is 13.2 Å². The van der Waals surface area contributed by atoms with E-state index in [0.717, 1.165) is 56.2 Å². The van der Waals surface area contributed by atoms with Crippen LogP contribution in [0.3, 0.4) is 0 Å². The van der Waals surface area contributed by atoms with Gasteiger partial charge in [-0.15, -0.1) is 0 Å². The number of aromatic nitrogens is 1. The fourth-order valence-corrected chi connectivity index (χ4v) is 2.66. The van der Waals surface area contributed by atoms with Gasteiger partial charge in [0.1, 0.15) is 0 Å². The molecular formula is C15H24N4O2S. The van der Waals surface area contributed by atoms with Crippen LogP contribution in [0.5, 0.6) is 0 Å². The lowest BCUT2D eigenvalue weighted by Crippen LogP contribution is -2.43. The number of morpholine rings is 1. The van der Waals surface area contributed by atoms with Gasteiger partial charge >= 0.3 is 0 Å². The third-order valence-corrected chi connectivity index (χ3v) is 4.03. The van der Waals surface area contributed by atoms with Crippen LogP contribution >= 0.6 is 12.2 Å². The summed E-state index contributed by atoms with van der Waals surface area (Å²) in [6, 6.07) is 1.97. The maximum absolute atomic E-state index is 11.9. The molecule has 2 heterocycles. The van der Waals surface area contributed by atoms with Crippen molar-refractivity contribution in [1.29, 1.82) is 0 Å². The molecule has 122 valence electrons. The first-order valence-corrected chi connectivity index (χ1v) is 7.98. The number of hydrogen-bond donors (Lipinski definition) is 3. The highest BCUT2D eigenvalue weighted by atomic mass is 32.1. The molecule has 1 saturated heterocycles. The summed E-state index contributed by atoms with van der Waals surface area (Å²) in [4.78, 5) is 17.1. The molecule has 3 N–H and O–H groups in total. The second-order valence-electron chi connectivity index (χ2n) is 5.51. The van der Waals surface area contributed by atoms with E-state index in [9.17, 15) is 4.79 Å². The zero-order chi connectivity index (χ0) is 15.9. The number of aromatic amines is 1. The van der Waals surface area contributed by atoms with Gasteiger partial charge in [-0.05, 0) is 37.7 Å². The molecule has 6 nitrogen and oxygen atoms in total. The molecule has 0 amide bonds. The van der Waals surface area contributed by atoms with Crippen LogP contribution in [0.15, 0.2) is 10.9 Å². The van der Waals surface area contributed by atoms with Gasteiger partial charge in [-0.2, -0.15) is 0 Å². The fraction of sp³-hybridized carbons (Fsp3) is 0.600. The van der Waals surface area contributed by atoms with E-state index in [0.29, 0.717) is 11.7 Å². The number of hydrogen-bond acceptors (Lipinski definition) is 4. The maximum atomic E-state index is 11.9. The molecule has 0 atom stereocenters. The first-order valence-electron chi connectivity index (χ1n) is 7.57. The maximum Gasteiger partial charge on any atom is 0.253 e. The average molecular weight is 324 g/mol. The number of rotatable bonds is 5. The van der Waals surface area contributed by atoms with Crippen LogP contribution in [-0.2, 0) is 11.3 Å². The molecular weight excluding hydrogens is 300 g/mol. The Bertz CT molecular complexity index is 567. The SMILES string of the molecule is Cc1cc(C)c(CNC(=S)NCCN2CCOCC2)c(=O)[nH]1. The van der Waals surface area contributed by atoms with Gasteiger partial charge in [-0.25, -0.2) is 0 Å². The van der Waals surface area contributed by atoms with Crippen LogP contribution in [-0.4, -0.2) is 54.4 Å². The van der Waals surface area contributed by atoms with Gasteiger partial charge in [0.15, 0.2) is 5.11 Å². The Morgan fingerprint density at radius 3 is 2.77 bits per heavy atom. The minimum Gasteiger partial charge on any atom is -0.379 e. The lowest BCUT2D eigenvalue weighted by Gasteiger charge is -2.26. The Kier molecular flexibility index (Phi) is 6.35. The summed E-state index contributed by atoms with van der Waals surface area (Å²) in [6.07, 6.45) is 0. The number of nitrogens with zero attached hydrogens (tertiary/aromatic N) is 1. The lowest BCUT2D eigenvalue weighted by molar-refractivity contribution is 0.0389. The predicted molar refractivity (Wildman–Crippen MR) is 91.2 cm³/mol. The van der Waals surface area contributed by atoms with Crippen molar-refractivity contribution in [1.82, 2.24) is 20.5 Å².